The molecule has 3 nitrogen and oxygen atoms in total. The van der Waals surface area contributed by atoms with Gasteiger partial charge in [-0.2, -0.15) is 0 Å². The van der Waals surface area contributed by atoms with Crippen molar-refractivity contribution in [1.82, 2.24) is 14.7 Å². The third-order valence-electron chi connectivity index (χ3n) is 2.46. The maximum atomic E-state index is 2.54. The van der Waals surface area contributed by atoms with Crippen LogP contribution >= 0.6 is 0 Å². The summed E-state index contributed by atoms with van der Waals surface area (Å²) in [6.45, 7) is 7.35. The van der Waals surface area contributed by atoms with E-state index in [4.69, 9.17) is 0 Å². The van der Waals surface area contributed by atoms with Gasteiger partial charge in [0.2, 0.25) is 0 Å². The van der Waals surface area contributed by atoms with Crippen LogP contribution in [0.3, 0.4) is 0 Å². The Hall–Kier alpha value is 1.08. The van der Waals surface area contributed by atoms with Crippen LogP contribution in [-0.2, 0) is 19.5 Å². The Kier molecular flexibility index (Phi) is 16.5. The molecular formula is C9H21Cl2N3Zn. The summed E-state index contributed by atoms with van der Waals surface area (Å²) in [7, 11) is 6.47. The van der Waals surface area contributed by atoms with Crippen LogP contribution < -0.4 is 24.8 Å². The van der Waals surface area contributed by atoms with Crippen LogP contribution in [0, 0.1) is 0 Å². The molecule has 0 radical (unpaired) electrons. The Morgan fingerprint density at radius 3 is 1.87 bits per heavy atom. The third kappa shape index (κ3) is 9.98. The van der Waals surface area contributed by atoms with Gasteiger partial charge in [0.1, 0.15) is 0 Å². The largest absolute Gasteiger partial charge is 2.00 e. The van der Waals surface area contributed by atoms with Crippen LogP contribution in [0.15, 0.2) is 0 Å². The first kappa shape index (κ1) is 21.4. The normalized spacial score (nSPS) is 17.6. The van der Waals surface area contributed by atoms with Crippen molar-refractivity contribution in [2.45, 2.75) is 0 Å². The molecule has 0 atom stereocenters. The molecule has 0 aromatic rings. The number of hydrogen-bond acceptors (Lipinski definition) is 3. The van der Waals surface area contributed by atoms with Crippen molar-refractivity contribution in [2.24, 2.45) is 0 Å². The molecule has 0 unspecified atom stereocenters. The number of halogens is 2. The van der Waals surface area contributed by atoms with Crippen LogP contribution in [0.25, 0.3) is 0 Å². The average Bonchev–Trinajstić information content (AvgIpc) is 2.03. The zero-order valence-electron chi connectivity index (χ0n) is 10.0. The molecule has 1 aliphatic heterocycles. The molecule has 0 saturated carbocycles. The predicted octanol–water partition coefficient (Wildman–Crippen LogP) is -6.20. The van der Waals surface area contributed by atoms with Crippen molar-refractivity contribution in [3.63, 3.8) is 0 Å². The number of piperazine rings is 1. The monoisotopic (exact) mass is 305 g/mol. The van der Waals surface area contributed by atoms with Gasteiger partial charge in [-0.3, -0.25) is 4.90 Å². The molecule has 0 aromatic carbocycles. The van der Waals surface area contributed by atoms with Gasteiger partial charge in [-0.15, -0.1) is 0 Å². The molecule has 1 fully saturated rings. The molecular weight excluding hydrogens is 286 g/mol. The summed E-state index contributed by atoms with van der Waals surface area (Å²) in [6, 6.07) is 0. The third-order valence-corrected chi connectivity index (χ3v) is 2.46. The minimum Gasteiger partial charge on any atom is -1.00 e. The summed E-state index contributed by atoms with van der Waals surface area (Å²) in [5.41, 5.74) is 0. The molecule has 0 spiro atoms. The van der Waals surface area contributed by atoms with E-state index in [0.717, 1.165) is 0 Å². The maximum Gasteiger partial charge on any atom is 2.00 e. The number of likely N-dealkylation sites (N-methyl/N-ethyl adjacent to an activating group) is 2. The smallest absolute Gasteiger partial charge is 1.00 e. The van der Waals surface area contributed by atoms with E-state index in [1.807, 2.05) is 0 Å². The Labute approximate surface area is 119 Å². The van der Waals surface area contributed by atoms with Gasteiger partial charge in [-0.25, -0.2) is 0 Å². The van der Waals surface area contributed by atoms with E-state index in [-0.39, 0.29) is 44.3 Å². The molecule has 1 rings (SSSR count). The van der Waals surface area contributed by atoms with Crippen molar-refractivity contribution < 1.29 is 44.3 Å². The van der Waals surface area contributed by atoms with Crippen LogP contribution in [0.2, 0.25) is 0 Å². The van der Waals surface area contributed by atoms with Gasteiger partial charge < -0.3 is 34.6 Å². The summed E-state index contributed by atoms with van der Waals surface area (Å²) in [5, 5.41) is 0. The molecule has 1 heterocycles. The summed E-state index contributed by atoms with van der Waals surface area (Å²) in [5.74, 6) is 0. The Bertz CT molecular complexity index is 131. The molecule has 1 saturated heterocycles. The van der Waals surface area contributed by atoms with E-state index >= 15 is 0 Å². The molecule has 0 aliphatic carbocycles. The fraction of sp³-hybridized carbons (Fsp3) is 1.00. The van der Waals surface area contributed by atoms with Crippen LogP contribution in [-0.4, -0.2) is 75.1 Å². The molecule has 0 aromatic heterocycles. The van der Waals surface area contributed by atoms with Crippen molar-refractivity contribution in [3.05, 3.63) is 0 Å². The van der Waals surface area contributed by atoms with Crippen molar-refractivity contribution in [1.29, 1.82) is 0 Å². The molecule has 6 heteroatoms. The van der Waals surface area contributed by atoms with Gasteiger partial charge in [0, 0.05) is 39.3 Å². The predicted molar refractivity (Wildman–Crippen MR) is 52.5 cm³/mol. The van der Waals surface area contributed by atoms with E-state index in [0.29, 0.717) is 0 Å². The number of nitrogens with zero attached hydrogens (tertiary/aromatic N) is 3. The maximum absolute atomic E-state index is 2.54. The zero-order chi connectivity index (χ0) is 8.97. The Morgan fingerprint density at radius 2 is 1.47 bits per heavy atom. The fourth-order valence-electron chi connectivity index (χ4n) is 1.41. The van der Waals surface area contributed by atoms with Gasteiger partial charge in [-0.1, -0.05) is 0 Å². The summed E-state index contributed by atoms with van der Waals surface area (Å²) in [6.07, 6.45) is 0. The molecule has 0 bridgehead atoms. The quantitative estimate of drug-likeness (QED) is 0.481. The average molecular weight is 308 g/mol. The second kappa shape index (κ2) is 11.6. The molecule has 0 amide bonds. The van der Waals surface area contributed by atoms with E-state index < -0.39 is 0 Å². The second-order valence-corrected chi connectivity index (χ2v) is 3.95. The Balaban J connectivity index is -0.000000480. The Morgan fingerprint density at radius 1 is 1.00 bits per heavy atom. The van der Waals surface area contributed by atoms with Crippen LogP contribution in [0.4, 0.5) is 0 Å². The van der Waals surface area contributed by atoms with Crippen molar-refractivity contribution in [3.8, 4) is 0 Å². The summed E-state index contributed by atoms with van der Waals surface area (Å²) < 4.78 is 0. The first-order valence-corrected chi connectivity index (χ1v) is 4.74. The molecule has 15 heavy (non-hydrogen) atoms. The van der Waals surface area contributed by atoms with E-state index in [2.05, 4.69) is 35.8 Å². The van der Waals surface area contributed by atoms with E-state index in [1.165, 1.54) is 39.3 Å². The van der Waals surface area contributed by atoms with Gasteiger partial charge in [0.15, 0.2) is 0 Å². The topological polar surface area (TPSA) is 9.72 Å². The molecule has 88 valence electrons. The zero-order valence-corrected chi connectivity index (χ0v) is 14.5. The number of rotatable bonds is 3. The van der Waals surface area contributed by atoms with E-state index in [9.17, 15) is 0 Å². The van der Waals surface area contributed by atoms with Gasteiger partial charge in [0.25, 0.3) is 0 Å². The standard InChI is InChI=1S/C9H21N3.2ClH.Zn/c1-10(2)4-7-12-8-5-11(3)6-9-12;;;/h4-9H2,1-3H3;2*1H;/q;;;+2/p-2. The SMILES string of the molecule is CN(C)CCN1CCN(C)CC1.[Cl-].[Cl-].[Zn+2]. The van der Waals surface area contributed by atoms with Crippen LogP contribution in [0.5, 0.6) is 0 Å². The van der Waals surface area contributed by atoms with Crippen molar-refractivity contribution in [2.75, 3.05) is 60.4 Å². The first-order valence-electron chi connectivity index (χ1n) is 4.74. The van der Waals surface area contributed by atoms with E-state index in [1.54, 1.807) is 0 Å². The van der Waals surface area contributed by atoms with Gasteiger partial charge >= 0.3 is 19.5 Å². The number of hydrogen-bond donors (Lipinski definition) is 0. The summed E-state index contributed by atoms with van der Waals surface area (Å²) in [4.78, 5) is 7.18. The fourth-order valence-corrected chi connectivity index (χ4v) is 1.41. The summed E-state index contributed by atoms with van der Waals surface area (Å²) >= 11 is 0. The first-order chi connectivity index (χ1) is 5.68. The van der Waals surface area contributed by atoms with Crippen LogP contribution in [0.1, 0.15) is 0 Å². The van der Waals surface area contributed by atoms with Crippen molar-refractivity contribution >= 4 is 0 Å². The minimum atomic E-state index is 0. The van der Waals surface area contributed by atoms with Gasteiger partial charge in [-0.05, 0) is 21.1 Å². The second-order valence-electron chi connectivity index (χ2n) is 3.95. The van der Waals surface area contributed by atoms with Gasteiger partial charge in [0.05, 0.1) is 0 Å². The molecule has 0 N–H and O–H groups in total. The minimum absolute atomic E-state index is 0. The molecule has 1 aliphatic rings.